The molecule has 5 heteroatoms. The van der Waals surface area contributed by atoms with E-state index in [9.17, 15) is 9.90 Å². The lowest BCUT2D eigenvalue weighted by atomic mass is 9.85. The van der Waals surface area contributed by atoms with Gasteiger partial charge in [-0.2, -0.15) is 0 Å². The van der Waals surface area contributed by atoms with Gasteiger partial charge in [0.1, 0.15) is 0 Å². The second-order valence-electron chi connectivity index (χ2n) is 4.61. The molecule has 0 aromatic heterocycles. The van der Waals surface area contributed by atoms with Crippen LogP contribution in [0.3, 0.4) is 0 Å². The zero-order chi connectivity index (χ0) is 11.4. The number of carbonyl (C=O) groups excluding carboxylic acids is 1. The van der Waals surface area contributed by atoms with E-state index in [2.05, 4.69) is 10.6 Å². The number of rotatable bonds is 3. The molecule has 2 rings (SSSR count). The minimum Gasteiger partial charge on any atom is -0.396 e. The highest BCUT2D eigenvalue weighted by molar-refractivity contribution is 7.99. The molecule has 16 heavy (non-hydrogen) atoms. The Balaban J connectivity index is 1.84. The molecule has 1 amide bonds. The zero-order valence-electron chi connectivity index (χ0n) is 9.45. The van der Waals surface area contributed by atoms with Crippen LogP contribution >= 0.6 is 11.8 Å². The maximum absolute atomic E-state index is 11.9. The third-order valence-electron chi connectivity index (χ3n) is 3.50. The first-order valence-electron chi connectivity index (χ1n) is 6.03. The first-order chi connectivity index (χ1) is 7.81. The van der Waals surface area contributed by atoms with Crippen LogP contribution in [0.15, 0.2) is 0 Å². The first kappa shape index (κ1) is 12.2. The third-order valence-corrected chi connectivity index (χ3v) is 4.44. The average molecular weight is 244 g/mol. The van der Waals surface area contributed by atoms with Crippen molar-refractivity contribution in [2.75, 3.05) is 18.2 Å². The Hall–Kier alpha value is -0.260. The molecular weight excluding hydrogens is 224 g/mol. The van der Waals surface area contributed by atoms with Gasteiger partial charge >= 0.3 is 0 Å². The lowest BCUT2D eigenvalue weighted by Gasteiger charge is -2.31. The van der Waals surface area contributed by atoms with Crippen LogP contribution in [-0.2, 0) is 4.79 Å². The van der Waals surface area contributed by atoms with Gasteiger partial charge in [0.2, 0.25) is 5.91 Å². The van der Waals surface area contributed by atoms with Crippen LogP contribution < -0.4 is 10.6 Å². The van der Waals surface area contributed by atoms with Crippen LogP contribution in [-0.4, -0.2) is 41.3 Å². The molecule has 3 unspecified atom stereocenters. The van der Waals surface area contributed by atoms with Crippen LogP contribution in [0.25, 0.3) is 0 Å². The molecular formula is C11H20N2O2S. The quantitative estimate of drug-likeness (QED) is 0.669. The summed E-state index contributed by atoms with van der Waals surface area (Å²) in [6.07, 6.45) is 4.38. The van der Waals surface area contributed by atoms with E-state index in [4.69, 9.17) is 0 Å². The molecule has 0 bridgehead atoms. The minimum absolute atomic E-state index is 0.0359. The van der Waals surface area contributed by atoms with E-state index in [1.165, 1.54) is 6.42 Å². The van der Waals surface area contributed by atoms with Gasteiger partial charge in [-0.3, -0.25) is 10.1 Å². The van der Waals surface area contributed by atoms with E-state index < -0.39 is 0 Å². The maximum Gasteiger partial charge on any atom is 0.238 e. The molecule has 4 nitrogen and oxygen atoms in total. The summed E-state index contributed by atoms with van der Waals surface area (Å²) >= 11 is 1.76. The summed E-state index contributed by atoms with van der Waals surface area (Å²) in [5, 5.41) is 15.5. The molecule has 3 atom stereocenters. The molecule has 1 saturated heterocycles. The van der Waals surface area contributed by atoms with Gasteiger partial charge in [-0.25, -0.2) is 0 Å². The van der Waals surface area contributed by atoms with Crippen LogP contribution in [0.5, 0.6) is 0 Å². The lowest BCUT2D eigenvalue weighted by molar-refractivity contribution is -0.123. The number of hydrogen-bond donors (Lipinski definition) is 3. The normalized spacial score (nSPS) is 34.9. The van der Waals surface area contributed by atoms with Gasteiger partial charge < -0.3 is 10.4 Å². The molecule has 3 N–H and O–H groups in total. The Labute approximate surface area is 101 Å². The Morgan fingerprint density at radius 1 is 1.44 bits per heavy atom. The van der Waals surface area contributed by atoms with Crippen molar-refractivity contribution in [2.45, 2.75) is 37.8 Å². The molecule has 0 aromatic rings. The third kappa shape index (κ3) is 2.90. The summed E-state index contributed by atoms with van der Waals surface area (Å²) in [7, 11) is 0. The Kier molecular flexibility index (Phi) is 4.49. The summed E-state index contributed by atoms with van der Waals surface area (Å²) in [5.74, 6) is 2.09. The van der Waals surface area contributed by atoms with Crippen molar-refractivity contribution in [3.8, 4) is 0 Å². The second-order valence-corrected chi connectivity index (χ2v) is 5.64. The van der Waals surface area contributed by atoms with Crippen molar-refractivity contribution in [1.29, 1.82) is 0 Å². The monoisotopic (exact) mass is 244 g/mol. The van der Waals surface area contributed by atoms with Gasteiger partial charge in [0, 0.05) is 30.2 Å². The smallest absolute Gasteiger partial charge is 0.238 e. The second kappa shape index (κ2) is 5.89. The number of aliphatic hydroxyl groups is 1. The summed E-state index contributed by atoms with van der Waals surface area (Å²) in [4.78, 5) is 11.9. The molecule has 1 heterocycles. The molecule has 0 spiro atoms. The van der Waals surface area contributed by atoms with Crippen molar-refractivity contribution in [3.63, 3.8) is 0 Å². The van der Waals surface area contributed by atoms with Crippen molar-refractivity contribution < 1.29 is 9.90 Å². The van der Waals surface area contributed by atoms with E-state index in [1.807, 2.05) is 0 Å². The Morgan fingerprint density at radius 3 is 2.94 bits per heavy atom. The summed E-state index contributed by atoms with van der Waals surface area (Å²) in [6, 6.07) is 0.143. The van der Waals surface area contributed by atoms with E-state index in [0.29, 0.717) is 0 Å². The zero-order valence-corrected chi connectivity index (χ0v) is 10.3. The fourth-order valence-corrected chi connectivity index (χ4v) is 3.40. The van der Waals surface area contributed by atoms with Gasteiger partial charge in [0.15, 0.2) is 0 Å². The minimum atomic E-state index is -0.0359. The van der Waals surface area contributed by atoms with Crippen LogP contribution in [0.4, 0.5) is 0 Å². The van der Waals surface area contributed by atoms with Crippen molar-refractivity contribution >= 4 is 17.7 Å². The van der Waals surface area contributed by atoms with Crippen molar-refractivity contribution in [1.82, 2.24) is 10.6 Å². The van der Waals surface area contributed by atoms with E-state index in [0.717, 1.165) is 30.9 Å². The highest BCUT2D eigenvalue weighted by atomic mass is 32.2. The molecule has 1 aliphatic carbocycles. The van der Waals surface area contributed by atoms with Crippen LogP contribution in [0.1, 0.15) is 25.7 Å². The fraction of sp³-hybridized carbons (Fsp3) is 0.909. The Morgan fingerprint density at radius 2 is 2.25 bits per heavy atom. The number of carbonyl (C=O) groups is 1. The number of nitrogens with one attached hydrogen (secondary N) is 2. The van der Waals surface area contributed by atoms with Crippen molar-refractivity contribution in [2.24, 2.45) is 5.92 Å². The largest absolute Gasteiger partial charge is 0.396 e. The highest BCUT2D eigenvalue weighted by Crippen LogP contribution is 2.24. The first-order valence-corrected chi connectivity index (χ1v) is 7.19. The summed E-state index contributed by atoms with van der Waals surface area (Å²) in [6.45, 7) is 0.192. The lowest BCUT2D eigenvalue weighted by Crippen LogP contribution is -2.50. The fourth-order valence-electron chi connectivity index (χ4n) is 2.46. The highest BCUT2D eigenvalue weighted by Gasteiger charge is 2.29. The molecule has 2 aliphatic rings. The predicted octanol–water partition coefficient (Wildman–Crippen LogP) is 0.316. The van der Waals surface area contributed by atoms with Gasteiger partial charge in [0.05, 0.1) is 6.04 Å². The number of hydrogen-bond acceptors (Lipinski definition) is 4. The van der Waals surface area contributed by atoms with Gasteiger partial charge in [-0.05, 0) is 12.8 Å². The number of aliphatic hydroxyl groups excluding tert-OH is 1. The molecule has 0 aromatic carbocycles. The SMILES string of the molecule is O=C(NC1CCCCC1CO)C1CSCN1. The molecule has 92 valence electrons. The summed E-state index contributed by atoms with van der Waals surface area (Å²) < 4.78 is 0. The average Bonchev–Trinajstić information content (AvgIpc) is 2.83. The number of amides is 1. The van der Waals surface area contributed by atoms with Crippen molar-refractivity contribution in [3.05, 3.63) is 0 Å². The van der Waals surface area contributed by atoms with E-state index >= 15 is 0 Å². The standard InChI is InChI=1S/C11H20N2O2S/c14-5-8-3-1-2-4-9(8)13-11(15)10-6-16-7-12-10/h8-10,12,14H,1-7H2,(H,13,15). The van der Waals surface area contributed by atoms with Gasteiger partial charge in [-0.1, -0.05) is 12.8 Å². The molecule has 1 aliphatic heterocycles. The van der Waals surface area contributed by atoms with Gasteiger partial charge in [0.25, 0.3) is 0 Å². The Bertz CT molecular complexity index is 244. The predicted molar refractivity (Wildman–Crippen MR) is 65.2 cm³/mol. The maximum atomic E-state index is 11.9. The number of thioether (sulfide) groups is 1. The molecule has 0 radical (unpaired) electrons. The van der Waals surface area contributed by atoms with Crippen LogP contribution in [0, 0.1) is 5.92 Å². The summed E-state index contributed by atoms with van der Waals surface area (Å²) in [5.41, 5.74) is 0. The molecule has 2 fully saturated rings. The topological polar surface area (TPSA) is 61.4 Å². The van der Waals surface area contributed by atoms with Gasteiger partial charge in [-0.15, -0.1) is 11.8 Å². The van der Waals surface area contributed by atoms with E-state index in [1.54, 1.807) is 11.8 Å². The van der Waals surface area contributed by atoms with E-state index in [-0.39, 0.29) is 30.5 Å². The molecule has 1 saturated carbocycles. The van der Waals surface area contributed by atoms with Crippen LogP contribution in [0.2, 0.25) is 0 Å².